The van der Waals surface area contributed by atoms with Crippen molar-refractivity contribution in [3.63, 3.8) is 0 Å². The van der Waals surface area contributed by atoms with Gasteiger partial charge in [-0.3, -0.25) is 0 Å². The van der Waals surface area contributed by atoms with Gasteiger partial charge in [-0.15, -0.1) is 0 Å². The van der Waals surface area contributed by atoms with Gasteiger partial charge in [0.2, 0.25) is 0 Å². The standard InChI is InChI=1S/C10H9F3OS/c11-10(12,13)8-3-1-2-7(4-8)9(14)5-15-6-9/h1-4,14H,5-6H2. The fraction of sp³-hybridized carbons (Fsp3) is 0.400. The largest absolute Gasteiger partial charge is 0.416 e. The van der Waals surface area contributed by atoms with Crippen LogP contribution in [0.25, 0.3) is 0 Å². The van der Waals surface area contributed by atoms with E-state index >= 15 is 0 Å². The molecule has 1 aromatic rings. The van der Waals surface area contributed by atoms with Gasteiger partial charge >= 0.3 is 6.18 Å². The van der Waals surface area contributed by atoms with Gasteiger partial charge in [0, 0.05) is 11.5 Å². The van der Waals surface area contributed by atoms with Crippen LogP contribution in [0.15, 0.2) is 24.3 Å². The monoisotopic (exact) mass is 234 g/mol. The van der Waals surface area contributed by atoms with Crippen molar-refractivity contribution in [3.8, 4) is 0 Å². The van der Waals surface area contributed by atoms with E-state index in [9.17, 15) is 18.3 Å². The van der Waals surface area contributed by atoms with Crippen LogP contribution >= 0.6 is 11.8 Å². The van der Waals surface area contributed by atoms with Crippen LogP contribution in [-0.2, 0) is 11.8 Å². The molecule has 15 heavy (non-hydrogen) atoms. The van der Waals surface area contributed by atoms with E-state index in [2.05, 4.69) is 0 Å². The number of alkyl halides is 3. The van der Waals surface area contributed by atoms with Crippen LogP contribution in [0.5, 0.6) is 0 Å². The minimum absolute atomic E-state index is 0.357. The van der Waals surface area contributed by atoms with Gasteiger partial charge in [-0.25, -0.2) is 0 Å². The summed E-state index contributed by atoms with van der Waals surface area (Å²) in [5.74, 6) is 0.933. The first-order chi connectivity index (χ1) is 6.92. The van der Waals surface area contributed by atoms with Crippen LogP contribution in [-0.4, -0.2) is 16.6 Å². The van der Waals surface area contributed by atoms with Gasteiger partial charge in [0.25, 0.3) is 0 Å². The molecule has 0 aliphatic carbocycles. The lowest BCUT2D eigenvalue weighted by Gasteiger charge is -2.36. The maximum Gasteiger partial charge on any atom is 0.416 e. The molecular formula is C10H9F3OS. The van der Waals surface area contributed by atoms with E-state index in [1.807, 2.05) is 0 Å². The Morgan fingerprint density at radius 1 is 1.27 bits per heavy atom. The van der Waals surface area contributed by atoms with Crippen molar-refractivity contribution in [2.24, 2.45) is 0 Å². The quantitative estimate of drug-likeness (QED) is 0.806. The van der Waals surface area contributed by atoms with E-state index in [1.54, 1.807) is 0 Å². The Morgan fingerprint density at radius 2 is 1.93 bits per heavy atom. The van der Waals surface area contributed by atoms with E-state index in [0.29, 0.717) is 17.1 Å². The first-order valence-corrected chi connectivity index (χ1v) is 5.55. The number of halogens is 3. The first-order valence-electron chi connectivity index (χ1n) is 4.40. The molecule has 1 nitrogen and oxygen atoms in total. The zero-order valence-electron chi connectivity index (χ0n) is 7.71. The number of aliphatic hydroxyl groups is 1. The Bertz CT molecular complexity index is 371. The molecule has 0 bridgehead atoms. The summed E-state index contributed by atoms with van der Waals surface area (Å²) in [7, 11) is 0. The average Bonchev–Trinajstić information content (AvgIpc) is 2.13. The number of benzene rings is 1. The van der Waals surface area contributed by atoms with E-state index in [-0.39, 0.29) is 0 Å². The summed E-state index contributed by atoms with van der Waals surface area (Å²) in [6.07, 6.45) is -4.34. The summed E-state index contributed by atoms with van der Waals surface area (Å²) >= 11 is 1.52. The van der Waals surface area contributed by atoms with Gasteiger partial charge in [-0.05, 0) is 17.7 Å². The third-order valence-electron chi connectivity index (χ3n) is 2.41. The number of hydrogen-bond acceptors (Lipinski definition) is 2. The molecule has 0 saturated carbocycles. The summed E-state index contributed by atoms with van der Waals surface area (Å²) in [6, 6.07) is 4.91. The van der Waals surface area contributed by atoms with Crippen LogP contribution < -0.4 is 0 Å². The molecule has 0 unspecified atom stereocenters. The van der Waals surface area contributed by atoms with Crippen molar-refractivity contribution in [3.05, 3.63) is 35.4 Å². The smallest absolute Gasteiger partial charge is 0.383 e. The van der Waals surface area contributed by atoms with Crippen LogP contribution in [0.4, 0.5) is 13.2 Å². The third-order valence-corrected chi connectivity index (χ3v) is 3.77. The van der Waals surface area contributed by atoms with Gasteiger partial charge in [-0.2, -0.15) is 24.9 Å². The minimum Gasteiger partial charge on any atom is -0.383 e. The van der Waals surface area contributed by atoms with Crippen molar-refractivity contribution in [1.29, 1.82) is 0 Å². The predicted molar refractivity (Wildman–Crippen MR) is 52.7 cm³/mol. The highest BCUT2D eigenvalue weighted by molar-refractivity contribution is 8.00. The molecule has 5 heteroatoms. The molecule has 1 aliphatic heterocycles. The molecule has 1 N–H and O–H groups in total. The molecule has 0 atom stereocenters. The molecule has 1 saturated heterocycles. The SMILES string of the molecule is OC1(c2cccc(C(F)(F)F)c2)CSC1. The predicted octanol–water partition coefficient (Wildman–Crippen LogP) is 2.64. The third kappa shape index (κ3) is 1.99. The van der Waals surface area contributed by atoms with Crippen molar-refractivity contribution >= 4 is 11.8 Å². The molecule has 1 heterocycles. The van der Waals surface area contributed by atoms with Crippen molar-refractivity contribution in [1.82, 2.24) is 0 Å². The first kappa shape index (κ1) is 10.8. The van der Waals surface area contributed by atoms with Gasteiger partial charge in [0.15, 0.2) is 0 Å². The summed E-state index contributed by atoms with van der Waals surface area (Å²) in [5, 5.41) is 9.88. The molecule has 0 amide bonds. The van der Waals surface area contributed by atoms with Gasteiger partial charge in [-0.1, -0.05) is 12.1 Å². The highest BCUT2D eigenvalue weighted by Gasteiger charge is 2.39. The molecule has 82 valence electrons. The number of rotatable bonds is 1. The van der Waals surface area contributed by atoms with E-state index in [4.69, 9.17) is 0 Å². The van der Waals surface area contributed by atoms with E-state index in [0.717, 1.165) is 12.1 Å². The second-order valence-electron chi connectivity index (χ2n) is 3.60. The zero-order valence-corrected chi connectivity index (χ0v) is 8.53. The zero-order chi connectivity index (χ0) is 11.1. The number of thioether (sulfide) groups is 1. The summed E-state index contributed by atoms with van der Waals surface area (Å²) in [4.78, 5) is 0. The van der Waals surface area contributed by atoms with Crippen molar-refractivity contribution in [2.75, 3.05) is 11.5 Å². The van der Waals surface area contributed by atoms with E-state index in [1.165, 1.54) is 23.9 Å². The van der Waals surface area contributed by atoms with Gasteiger partial charge < -0.3 is 5.11 Å². The van der Waals surface area contributed by atoms with E-state index < -0.39 is 17.3 Å². The van der Waals surface area contributed by atoms with Crippen molar-refractivity contribution < 1.29 is 18.3 Å². The Morgan fingerprint density at radius 3 is 2.40 bits per heavy atom. The van der Waals surface area contributed by atoms with Crippen LogP contribution in [0.2, 0.25) is 0 Å². The second-order valence-corrected chi connectivity index (χ2v) is 4.59. The topological polar surface area (TPSA) is 20.2 Å². The van der Waals surface area contributed by atoms with Crippen molar-refractivity contribution in [2.45, 2.75) is 11.8 Å². The average molecular weight is 234 g/mol. The highest BCUT2D eigenvalue weighted by Crippen LogP contribution is 2.40. The highest BCUT2D eigenvalue weighted by atomic mass is 32.2. The fourth-order valence-corrected chi connectivity index (χ4v) is 2.37. The van der Waals surface area contributed by atoms with Gasteiger partial charge in [0.1, 0.15) is 5.60 Å². The van der Waals surface area contributed by atoms with Gasteiger partial charge in [0.05, 0.1) is 5.56 Å². The maximum atomic E-state index is 12.4. The lowest BCUT2D eigenvalue weighted by molar-refractivity contribution is -0.137. The molecule has 1 aliphatic rings. The lowest BCUT2D eigenvalue weighted by atomic mass is 9.95. The Hall–Kier alpha value is -0.680. The summed E-state index contributed by atoms with van der Waals surface area (Å²) in [5.41, 5.74) is -1.41. The maximum absolute atomic E-state index is 12.4. The molecule has 1 fully saturated rings. The molecule has 1 aromatic carbocycles. The molecular weight excluding hydrogens is 225 g/mol. The normalized spacial score (nSPS) is 19.7. The fourth-order valence-electron chi connectivity index (χ4n) is 1.45. The Labute approximate surface area is 89.3 Å². The number of hydrogen-bond donors (Lipinski definition) is 1. The molecule has 0 spiro atoms. The Balaban J connectivity index is 2.35. The Kier molecular flexibility index (Phi) is 2.47. The molecule has 0 radical (unpaired) electrons. The van der Waals surface area contributed by atoms with Crippen LogP contribution in [0, 0.1) is 0 Å². The van der Waals surface area contributed by atoms with Crippen LogP contribution in [0.1, 0.15) is 11.1 Å². The van der Waals surface area contributed by atoms with Crippen LogP contribution in [0.3, 0.4) is 0 Å². The lowest BCUT2D eigenvalue weighted by Crippen LogP contribution is -2.40. The molecule has 0 aromatic heterocycles. The summed E-state index contributed by atoms with van der Waals surface area (Å²) in [6.45, 7) is 0. The molecule has 2 rings (SSSR count). The second kappa shape index (κ2) is 3.42. The minimum atomic E-state index is -4.34. The summed E-state index contributed by atoms with van der Waals surface area (Å²) < 4.78 is 37.2.